The number of allylic oxidation sites excluding steroid dienone is 6. The minimum atomic E-state index is 0.388. The van der Waals surface area contributed by atoms with E-state index in [2.05, 4.69) is 30.3 Å². The zero-order valence-corrected chi connectivity index (χ0v) is 13.4. The summed E-state index contributed by atoms with van der Waals surface area (Å²) in [4.78, 5) is 0. The Balaban J connectivity index is 1.98. The van der Waals surface area contributed by atoms with Gasteiger partial charge < -0.3 is 10.5 Å². The Bertz CT molecular complexity index is 784. The van der Waals surface area contributed by atoms with Crippen molar-refractivity contribution >= 4 is 11.4 Å². The Hall–Kier alpha value is -2.75. The maximum absolute atomic E-state index is 6.00. The highest BCUT2D eigenvalue weighted by Crippen LogP contribution is 2.30. The Morgan fingerprint density at radius 1 is 1.26 bits per heavy atom. The summed E-state index contributed by atoms with van der Waals surface area (Å²) in [6.45, 7) is 4.12. The highest BCUT2D eigenvalue weighted by atomic mass is 16.5. The zero-order valence-electron chi connectivity index (χ0n) is 13.4. The number of aryl methyl sites for hydroxylation is 1. The predicted octanol–water partition coefficient (Wildman–Crippen LogP) is 4.56. The van der Waals surface area contributed by atoms with E-state index in [1.54, 1.807) is 0 Å². The van der Waals surface area contributed by atoms with Crippen LogP contribution in [0.2, 0.25) is 0 Å². The first kappa shape index (κ1) is 15.2. The minimum absolute atomic E-state index is 0.388. The molecule has 2 aromatic rings. The Kier molecular flexibility index (Phi) is 4.33. The lowest BCUT2D eigenvalue weighted by Crippen LogP contribution is -2.03. The summed E-state index contributed by atoms with van der Waals surface area (Å²) in [5, 5.41) is 4.57. The van der Waals surface area contributed by atoms with Gasteiger partial charge >= 0.3 is 0 Å². The van der Waals surface area contributed by atoms with E-state index < -0.39 is 0 Å². The monoisotopic (exact) mass is 307 g/mol. The summed E-state index contributed by atoms with van der Waals surface area (Å²) >= 11 is 0. The Morgan fingerprint density at radius 3 is 2.87 bits per heavy atom. The van der Waals surface area contributed by atoms with Gasteiger partial charge in [-0.15, -0.1) is 0 Å². The number of nitrogens with zero attached hydrogens (tertiary/aromatic N) is 2. The average molecular weight is 307 g/mol. The molecule has 0 amide bonds. The maximum atomic E-state index is 6.00. The average Bonchev–Trinajstić information content (AvgIpc) is 2.76. The molecule has 0 bridgehead atoms. The second-order valence-corrected chi connectivity index (χ2v) is 5.58. The molecule has 1 aliphatic carbocycles. The maximum Gasteiger partial charge on any atom is 0.222 e. The van der Waals surface area contributed by atoms with Crippen molar-refractivity contribution in [2.24, 2.45) is 5.92 Å². The standard InChI is InChI=1S/C19H21N3O/c1-3-15-8-4-5-9-16(13-15)22-19(12-14(2)21-22)23-18-11-7-6-10-17(18)20/h4-13,15H,3,20H2,1-2H3. The predicted molar refractivity (Wildman–Crippen MR) is 94.2 cm³/mol. The second kappa shape index (κ2) is 6.57. The highest BCUT2D eigenvalue weighted by Gasteiger charge is 2.13. The first-order valence-electron chi connectivity index (χ1n) is 7.83. The summed E-state index contributed by atoms with van der Waals surface area (Å²) in [5.41, 5.74) is 8.48. The summed E-state index contributed by atoms with van der Waals surface area (Å²) in [6, 6.07) is 9.39. The van der Waals surface area contributed by atoms with E-state index >= 15 is 0 Å². The quantitative estimate of drug-likeness (QED) is 0.842. The number of nitrogen functional groups attached to an aromatic ring is 1. The third kappa shape index (κ3) is 3.37. The number of aromatic nitrogens is 2. The van der Waals surface area contributed by atoms with Gasteiger partial charge in [-0.3, -0.25) is 0 Å². The number of ether oxygens (including phenoxy) is 1. The summed E-state index contributed by atoms with van der Waals surface area (Å²) < 4.78 is 7.83. The molecule has 1 aliphatic rings. The van der Waals surface area contributed by atoms with Gasteiger partial charge in [0.25, 0.3) is 0 Å². The molecule has 0 saturated carbocycles. The third-order valence-electron chi connectivity index (χ3n) is 3.77. The molecule has 0 spiro atoms. The normalized spacial score (nSPS) is 17.0. The Morgan fingerprint density at radius 2 is 2.09 bits per heavy atom. The van der Waals surface area contributed by atoms with Gasteiger partial charge in [0.15, 0.2) is 5.75 Å². The zero-order chi connectivity index (χ0) is 16.2. The van der Waals surface area contributed by atoms with Gasteiger partial charge in [-0.1, -0.05) is 43.4 Å². The summed E-state index contributed by atoms with van der Waals surface area (Å²) in [5.74, 6) is 1.68. The van der Waals surface area contributed by atoms with E-state index in [1.165, 1.54) is 0 Å². The largest absolute Gasteiger partial charge is 0.437 e. The molecule has 0 radical (unpaired) electrons. The van der Waals surface area contributed by atoms with Crippen molar-refractivity contribution in [1.29, 1.82) is 0 Å². The van der Waals surface area contributed by atoms with E-state index in [1.807, 2.05) is 54.1 Å². The molecule has 1 aromatic heterocycles. The molecule has 1 aromatic carbocycles. The van der Waals surface area contributed by atoms with Crippen LogP contribution in [0, 0.1) is 12.8 Å². The molecule has 0 fully saturated rings. The van der Waals surface area contributed by atoms with Gasteiger partial charge in [0.1, 0.15) is 0 Å². The number of para-hydroxylation sites is 2. The first-order valence-corrected chi connectivity index (χ1v) is 7.83. The number of rotatable bonds is 4. The molecular weight excluding hydrogens is 286 g/mol. The molecule has 1 unspecified atom stereocenters. The van der Waals surface area contributed by atoms with E-state index in [0.29, 0.717) is 23.2 Å². The molecule has 23 heavy (non-hydrogen) atoms. The van der Waals surface area contributed by atoms with Gasteiger partial charge in [-0.05, 0) is 37.5 Å². The lowest BCUT2D eigenvalue weighted by molar-refractivity contribution is 0.449. The summed E-state index contributed by atoms with van der Waals surface area (Å²) in [7, 11) is 0. The summed E-state index contributed by atoms with van der Waals surface area (Å²) in [6.07, 6.45) is 11.6. The molecule has 1 heterocycles. The van der Waals surface area contributed by atoms with Crippen LogP contribution in [0.25, 0.3) is 5.70 Å². The van der Waals surface area contributed by atoms with Crippen molar-refractivity contribution in [3.63, 3.8) is 0 Å². The van der Waals surface area contributed by atoms with Gasteiger partial charge in [0.05, 0.1) is 17.1 Å². The van der Waals surface area contributed by atoms with Crippen LogP contribution in [0.3, 0.4) is 0 Å². The lowest BCUT2D eigenvalue weighted by atomic mass is 10.1. The molecule has 4 nitrogen and oxygen atoms in total. The number of hydrogen-bond donors (Lipinski definition) is 1. The van der Waals surface area contributed by atoms with Crippen LogP contribution in [0.1, 0.15) is 19.0 Å². The Labute approximate surface area is 136 Å². The topological polar surface area (TPSA) is 53.1 Å². The molecule has 0 aliphatic heterocycles. The second-order valence-electron chi connectivity index (χ2n) is 5.58. The molecule has 118 valence electrons. The van der Waals surface area contributed by atoms with Gasteiger partial charge in [0, 0.05) is 6.07 Å². The highest BCUT2D eigenvalue weighted by molar-refractivity contribution is 5.61. The molecule has 1 atom stereocenters. The molecule has 0 saturated heterocycles. The van der Waals surface area contributed by atoms with Crippen LogP contribution in [0.5, 0.6) is 11.6 Å². The number of nitrogens with two attached hydrogens (primary N) is 1. The van der Waals surface area contributed by atoms with Crippen LogP contribution in [-0.4, -0.2) is 9.78 Å². The fourth-order valence-electron chi connectivity index (χ4n) is 2.51. The first-order chi connectivity index (χ1) is 11.2. The minimum Gasteiger partial charge on any atom is -0.437 e. The van der Waals surface area contributed by atoms with Crippen molar-refractivity contribution in [3.8, 4) is 11.6 Å². The van der Waals surface area contributed by atoms with E-state index in [0.717, 1.165) is 17.8 Å². The number of hydrogen-bond acceptors (Lipinski definition) is 3. The fraction of sp³-hybridized carbons (Fsp3) is 0.211. The van der Waals surface area contributed by atoms with Crippen molar-refractivity contribution in [1.82, 2.24) is 9.78 Å². The third-order valence-corrected chi connectivity index (χ3v) is 3.77. The number of anilines is 1. The van der Waals surface area contributed by atoms with Gasteiger partial charge in [-0.25, -0.2) is 4.68 Å². The van der Waals surface area contributed by atoms with Crippen molar-refractivity contribution < 1.29 is 4.74 Å². The molecule has 3 rings (SSSR count). The van der Waals surface area contributed by atoms with Crippen molar-refractivity contribution in [3.05, 3.63) is 66.4 Å². The van der Waals surface area contributed by atoms with Crippen LogP contribution >= 0.6 is 0 Å². The molecule has 4 heteroatoms. The van der Waals surface area contributed by atoms with Crippen LogP contribution < -0.4 is 10.5 Å². The van der Waals surface area contributed by atoms with Crippen LogP contribution in [-0.2, 0) is 0 Å². The van der Waals surface area contributed by atoms with Crippen LogP contribution in [0.15, 0.2) is 60.7 Å². The van der Waals surface area contributed by atoms with Gasteiger partial charge in [-0.2, -0.15) is 5.10 Å². The lowest BCUT2D eigenvalue weighted by Gasteiger charge is -2.12. The van der Waals surface area contributed by atoms with E-state index in [9.17, 15) is 0 Å². The smallest absolute Gasteiger partial charge is 0.222 e. The van der Waals surface area contributed by atoms with Crippen molar-refractivity contribution in [2.75, 3.05) is 5.73 Å². The van der Waals surface area contributed by atoms with E-state index in [4.69, 9.17) is 10.5 Å². The number of benzene rings is 1. The van der Waals surface area contributed by atoms with Gasteiger partial charge in [0.2, 0.25) is 5.88 Å². The van der Waals surface area contributed by atoms with Crippen molar-refractivity contribution in [2.45, 2.75) is 20.3 Å². The SMILES string of the molecule is CCC1C=CC=CC(n2nc(C)cc2Oc2ccccc2N)=C1. The van der Waals surface area contributed by atoms with E-state index in [-0.39, 0.29) is 0 Å². The van der Waals surface area contributed by atoms with Crippen LogP contribution in [0.4, 0.5) is 5.69 Å². The molecule has 2 N–H and O–H groups in total. The fourth-order valence-corrected chi connectivity index (χ4v) is 2.51. The molecular formula is C19H21N3O.